The molecule has 0 bridgehead atoms. The van der Waals surface area contributed by atoms with Crippen LogP contribution in [0.1, 0.15) is 5.56 Å². The predicted molar refractivity (Wildman–Crippen MR) is 104 cm³/mol. The molecule has 2 aromatic carbocycles. The van der Waals surface area contributed by atoms with Gasteiger partial charge < -0.3 is 10.1 Å². The molecule has 0 saturated carbocycles. The molecular weight excluding hydrogens is 334 g/mol. The van der Waals surface area contributed by atoms with Crippen LogP contribution in [0, 0.1) is 0 Å². The van der Waals surface area contributed by atoms with Crippen LogP contribution in [0.2, 0.25) is 0 Å². The highest BCUT2D eigenvalue weighted by Gasteiger charge is 2.03. The first-order chi connectivity index (χ1) is 12.3. The molecule has 7 heteroatoms. The number of hydrogen-bond acceptors (Lipinski definition) is 4. The van der Waals surface area contributed by atoms with Crippen LogP contribution in [0.4, 0.5) is 5.69 Å². The number of anilines is 1. The van der Waals surface area contributed by atoms with Crippen LogP contribution in [-0.2, 0) is 0 Å². The van der Waals surface area contributed by atoms with E-state index < -0.39 is 0 Å². The van der Waals surface area contributed by atoms with Crippen molar-refractivity contribution in [3.8, 4) is 11.4 Å². The van der Waals surface area contributed by atoms with Gasteiger partial charge in [-0.1, -0.05) is 30.3 Å². The van der Waals surface area contributed by atoms with Crippen molar-refractivity contribution >= 4 is 29.2 Å². The Balaban J connectivity index is 1.58. The van der Waals surface area contributed by atoms with Gasteiger partial charge in [-0.05, 0) is 36.5 Å². The lowest BCUT2D eigenvalue weighted by Crippen LogP contribution is -2.24. The Bertz CT molecular complexity index is 876. The summed E-state index contributed by atoms with van der Waals surface area (Å²) >= 11 is 5.23. The quantitative estimate of drug-likeness (QED) is 0.420. The molecule has 2 N–H and O–H groups in total. The van der Waals surface area contributed by atoms with Gasteiger partial charge in [-0.25, -0.2) is 4.68 Å². The highest BCUT2D eigenvalue weighted by molar-refractivity contribution is 7.80. The second-order valence-corrected chi connectivity index (χ2v) is 5.49. The van der Waals surface area contributed by atoms with Crippen molar-refractivity contribution in [3.05, 3.63) is 72.6 Å². The van der Waals surface area contributed by atoms with Gasteiger partial charge in [0.15, 0.2) is 5.11 Å². The van der Waals surface area contributed by atoms with E-state index in [-0.39, 0.29) is 0 Å². The van der Waals surface area contributed by atoms with Crippen molar-refractivity contribution in [2.75, 3.05) is 12.4 Å². The first-order valence-electron chi connectivity index (χ1n) is 7.59. The molecular formula is C18H17N5OS. The lowest BCUT2D eigenvalue weighted by atomic mass is 10.3. The first kappa shape index (κ1) is 16.7. The zero-order valence-electron chi connectivity index (χ0n) is 13.6. The van der Waals surface area contributed by atoms with Crippen molar-refractivity contribution < 1.29 is 4.74 Å². The van der Waals surface area contributed by atoms with Gasteiger partial charge in [-0.3, -0.25) is 5.43 Å². The number of aromatic nitrogens is 2. The highest BCUT2D eigenvalue weighted by atomic mass is 32.1. The molecule has 0 atom stereocenters. The minimum atomic E-state index is 0.371. The Morgan fingerprint density at radius 3 is 2.72 bits per heavy atom. The minimum absolute atomic E-state index is 0.371. The Labute approximate surface area is 151 Å². The number of hydrazone groups is 1. The number of para-hydroxylation sites is 3. The van der Waals surface area contributed by atoms with Gasteiger partial charge in [0.2, 0.25) is 0 Å². The Hall–Kier alpha value is -3.19. The number of benzene rings is 2. The average Bonchev–Trinajstić information content (AvgIpc) is 3.12. The fourth-order valence-electron chi connectivity index (χ4n) is 2.19. The van der Waals surface area contributed by atoms with Crippen LogP contribution in [-0.4, -0.2) is 28.2 Å². The van der Waals surface area contributed by atoms with Crippen LogP contribution in [0.25, 0.3) is 5.69 Å². The molecule has 3 rings (SSSR count). The van der Waals surface area contributed by atoms with Crippen molar-refractivity contribution in [3.63, 3.8) is 0 Å². The molecule has 126 valence electrons. The number of nitrogens with one attached hydrogen (secondary N) is 2. The maximum absolute atomic E-state index is 5.27. The molecule has 6 nitrogen and oxygen atoms in total. The molecule has 1 heterocycles. The summed E-state index contributed by atoms with van der Waals surface area (Å²) in [7, 11) is 1.61. The third-order valence-electron chi connectivity index (χ3n) is 3.36. The second kappa shape index (κ2) is 8.07. The lowest BCUT2D eigenvalue weighted by Gasteiger charge is -2.10. The summed E-state index contributed by atoms with van der Waals surface area (Å²) in [5.74, 6) is 0.708. The molecule has 25 heavy (non-hydrogen) atoms. The average molecular weight is 351 g/mol. The summed E-state index contributed by atoms with van der Waals surface area (Å²) in [5, 5.41) is 11.8. The van der Waals surface area contributed by atoms with Crippen molar-refractivity contribution in [1.29, 1.82) is 0 Å². The topological polar surface area (TPSA) is 63.5 Å². The largest absolute Gasteiger partial charge is 0.495 e. The summed E-state index contributed by atoms with van der Waals surface area (Å²) in [4.78, 5) is 0. The molecule has 0 aliphatic rings. The van der Waals surface area contributed by atoms with E-state index >= 15 is 0 Å². The molecule has 0 amide bonds. The molecule has 0 spiro atoms. The Morgan fingerprint density at radius 2 is 1.92 bits per heavy atom. The summed E-state index contributed by atoms with van der Waals surface area (Å²) < 4.78 is 7.05. The molecule has 0 fully saturated rings. The standard InChI is InChI=1S/C18H17N5OS/c1-24-17-10-6-5-9-16(17)21-18(25)22-19-11-14-12-20-23(13-14)15-7-3-2-4-8-15/h2-13H,1H3,(H2,21,22,25)/b19-11-. The zero-order chi connectivity index (χ0) is 17.5. The van der Waals surface area contributed by atoms with Crippen LogP contribution in [0.15, 0.2) is 72.1 Å². The molecule has 0 saturated heterocycles. The zero-order valence-corrected chi connectivity index (χ0v) is 14.4. The second-order valence-electron chi connectivity index (χ2n) is 5.08. The molecule has 0 unspecified atom stereocenters. The molecule has 0 aliphatic carbocycles. The summed E-state index contributed by atoms with van der Waals surface area (Å²) in [6.07, 6.45) is 5.27. The molecule has 0 aliphatic heterocycles. The van der Waals surface area contributed by atoms with E-state index in [1.807, 2.05) is 60.8 Å². The van der Waals surface area contributed by atoms with E-state index in [0.717, 1.165) is 16.9 Å². The van der Waals surface area contributed by atoms with E-state index in [4.69, 9.17) is 17.0 Å². The van der Waals surface area contributed by atoms with Gasteiger partial charge >= 0.3 is 0 Å². The smallest absolute Gasteiger partial charge is 0.191 e. The van der Waals surface area contributed by atoms with Gasteiger partial charge in [-0.15, -0.1) is 0 Å². The summed E-state index contributed by atoms with van der Waals surface area (Å²) in [6, 6.07) is 17.4. The van der Waals surface area contributed by atoms with Crippen LogP contribution >= 0.6 is 12.2 Å². The van der Waals surface area contributed by atoms with E-state index in [1.54, 1.807) is 24.2 Å². The van der Waals surface area contributed by atoms with Gasteiger partial charge in [-0.2, -0.15) is 10.2 Å². The van der Waals surface area contributed by atoms with Gasteiger partial charge in [0.1, 0.15) is 5.75 Å². The third kappa shape index (κ3) is 4.42. The maximum atomic E-state index is 5.27. The van der Waals surface area contributed by atoms with E-state index in [0.29, 0.717) is 10.9 Å². The third-order valence-corrected chi connectivity index (χ3v) is 3.55. The number of hydrogen-bond donors (Lipinski definition) is 2. The SMILES string of the molecule is COc1ccccc1NC(=S)N/N=C\c1cnn(-c2ccccc2)c1. The van der Waals surface area contributed by atoms with Crippen molar-refractivity contribution in [1.82, 2.24) is 15.2 Å². The number of methoxy groups -OCH3 is 1. The normalized spacial score (nSPS) is 10.6. The van der Waals surface area contributed by atoms with E-state index in [2.05, 4.69) is 20.9 Å². The molecule has 1 aromatic heterocycles. The van der Waals surface area contributed by atoms with Crippen molar-refractivity contribution in [2.24, 2.45) is 5.10 Å². The maximum Gasteiger partial charge on any atom is 0.191 e. The fraction of sp³-hybridized carbons (Fsp3) is 0.0556. The molecule has 3 aromatic rings. The van der Waals surface area contributed by atoms with Gasteiger partial charge in [0.25, 0.3) is 0 Å². The summed E-state index contributed by atoms with van der Waals surface area (Å²) in [5.41, 5.74) is 5.40. The Morgan fingerprint density at radius 1 is 1.16 bits per heavy atom. The Kier molecular flexibility index (Phi) is 5.38. The van der Waals surface area contributed by atoms with Crippen molar-refractivity contribution in [2.45, 2.75) is 0 Å². The first-order valence-corrected chi connectivity index (χ1v) is 8.00. The van der Waals surface area contributed by atoms with Gasteiger partial charge in [0.05, 0.1) is 30.9 Å². The minimum Gasteiger partial charge on any atom is -0.495 e. The monoisotopic (exact) mass is 351 g/mol. The summed E-state index contributed by atoms with van der Waals surface area (Å²) in [6.45, 7) is 0. The van der Waals surface area contributed by atoms with Gasteiger partial charge in [0, 0.05) is 11.8 Å². The predicted octanol–water partition coefficient (Wildman–Crippen LogP) is 3.20. The number of thiocarbonyl (C=S) groups is 1. The van der Waals surface area contributed by atoms with E-state index in [9.17, 15) is 0 Å². The molecule has 0 radical (unpaired) electrons. The van der Waals surface area contributed by atoms with Crippen LogP contribution < -0.4 is 15.5 Å². The number of rotatable bonds is 5. The lowest BCUT2D eigenvalue weighted by molar-refractivity contribution is 0.417. The number of nitrogens with zero attached hydrogens (tertiary/aromatic N) is 3. The fourth-order valence-corrected chi connectivity index (χ4v) is 2.35. The van der Waals surface area contributed by atoms with Crippen LogP contribution in [0.5, 0.6) is 5.75 Å². The van der Waals surface area contributed by atoms with E-state index in [1.165, 1.54) is 0 Å². The van der Waals surface area contributed by atoms with Crippen LogP contribution in [0.3, 0.4) is 0 Å². The number of ether oxygens (including phenoxy) is 1. The highest BCUT2D eigenvalue weighted by Crippen LogP contribution is 2.22.